The van der Waals surface area contributed by atoms with Crippen LogP contribution in [0.1, 0.15) is 80.9 Å². The molecule has 0 N–H and O–H groups in total. The third-order valence-electron chi connectivity index (χ3n) is 18.1. The van der Waals surface area contributed by atoms with E-state index in [0.29, 0.717) is 23.7 Å². The van der Waals surface area contributed by atoms with Crippen LogP contribution < -0.4 is 10.4 Å². The van der Waals surface area contributed by atoms with Crippen LogP contribution in [-0.2, 0) is 0 Å². The molecule has 0 saturated heterocycles. The predicted octanol–water partition coefficient (Wildman–Crippen LogP) is 16.2. The second kappa shape index (κ2) is 15.1. The van der Waals surface area contributed by atoms with Crippen molar-refractivity contribution in [3.8, 4) is 33.4 Å². The number of allylic oxidation sites excluding steroid dienone is 26. The number of hydrogen-bond acceptors (Lipinski definition) is 0. The van der Waals surface area contributed by atoms with Gasteiger partial charge in [-0.3, -0.25) is 0 Å². The Labute approximate surface area is 411 Å². The van der Waals surface area contributed by atoms with Crippen molar-refractivity contribution in [3.05, 3.63) is 259 Å². The third-order valence-corrected chi connectivity index (χ3v) is 18.1. The molecule has 0 radical (unpaired) electrons. The first-order valence-electron chi connectivity index (χ1n) is 26.5. The SMILES string of the molecule is C1=CCCC(C2=CC(C3=CCCC=C3)=CC(C3=CC4C=CC5=C6C7=C(CC5)c5cc8c(-c9ccccc9)c9c(c(-c%10ccccc%10)c8cc5C7=CC(=C3)C64)-c3cccc4c3=C9CC3CCC=CC=43)C2)=C1. The van der Waals surface area contributed by atoms with Gasteiger partial charge in [-0.2, -0.15) is 0 Å². The highest BCUT2D eigenvalue weighted by molar-refractivity contribution is 6.21. The van der Waals surface area contributed by atoms with Gasteiger partial charge in [-0.15, -0.1) is 0 Å². The van der Waals surface area contributed by atoms with E-state index in [-0.39, 0.29) is 0 Å². The summed E-state index contributed by atoms with van der Waals surface area (Å²) < 4.78 is 0. The zero-order chi connectivity index (χ0) is 45.6. The molecule has 4 unspecified atom stereocenters. The molecule has 0 amide bonds. The lowest BCUT2D eigenvalue weighted by atomic mass is 9.62. The van der Waals surface area contributed by atoms with E-state index in [0.717, 1.165) is 57.8 Å². The molecule has 0 bridgehead atoms. The van der Waals surface area contributed by atoms with Crippen LogP contribution in [0, 0.1) is 23.7 Å². The molecule has 0 fully saturated rings. The summed E-state index contributed by atoms with van der Waals surface area (Å²) in [7, 11) is 0. The minimum absolute atomic E-state index is 0.332. The van der Waals surface area contributed by atoms with E-state index in [1.165, 1.54) is 117 Å². The van der Waals surface area contributed by atoms with Gasteiger partial charge in [0.2, 0.25) is 0 Å². The van der Waals surface area contributed by atoms with Crippen LogP contribution in [0.5, 0.6) is 0 Å². The van der Waals surface area contributed by atoms with E-state index >= 15 is 0 Å². The lowest BCUT2D eigenvalue weighted by Gasteiger charge is -2.41. The standard InChI is InChI=1S/C70H54/c1-5-16-41(17-6-1)48-33-49(42-18-7-2-8-19-42)35-51(34-48)50-32-47-29-28-45-30-31-55-57-39-60-61(40-58(57)59-38-52(36-50)63(47)66(45)68(55)59)64(43-20-9-3-10-21-43)69-56-27-15-26-54-53-25-14-13-24-46(53)37-62(67(54)56)70(69)65(60)44-22-11-4-12-23-44/h1,3-5,7,9-12,14-16,18-23,25-29,32-33,35-36,38-40,46-47,51,63H,2,6,8,13,17,24,30-31,34,37H2. The second-order valence-electron chi connectivity index (χ2n) is 21.7. The van der Waals surface area contributed by atoms with Gasteiger partial charge in [-0.25, -0.2) is 0 Å². The molecule has 16 rings (SSSR count). The zero-order valence-electron chi connectivity index (χ0n) is 39.7. The minimum atomic E-state index is 0.332. The number of hydrogen-bond donors (Lipinski definition) is 0. The van der Waals surface area contributed by atoms with Gasteiger partial charge in [0, 0.05) is 17.8 Å². The normalized spacial score (nSPS) is 24.8. The van der Waals surface area contributed by atoms with Crippen molar-refractivity contribution < 1.29 is 0 Å². The molecule has 334 valence electrons. The van der Waals surface area contributed by atoms with Gasteiger partial charge in [0.05, 0.1) is 0 Å². The zero-order valence-corrected chi connectivity index (χ0v) is 39.7. The molecule has 0 nitrogen and oxygen atoms in total. The van der Waals surface area contributed by atoms with Crippen molar-refractivity contribution in [3.63, 3.8) is 0 Å². The highest BCUT2D eigenvalue weighted by atomic mass is 14.5. The summed E-state index contributed by atoms with van der Waals surface area (Å²) in [5.74, 6) is 1.60. The molecule has 0 aromatic heterocycles. The highest BCUT2D eigenvalue weighted by Gasteiger charge is 2.45. The van der Waals surface area contributed by atoms with E-state index in [4.69, 9.17) is 0 Å². The van der Waals surface area contributed by atoms with E-state index in [2.05, 4.69) is 182 Å². The van der Waals surface area contributed by atoms with Crippen LogP contribution >= 0.6 is 0 Å². The molecule has 5 aromatic carbocycles. The van der Waals surface area contributed by atoms with E-state index in [1.807, 2.05) is 0 Å². The Morgan fingerprint density at radius 1 is 0.543 bits per heavy atom. The molecule has 0 aliphatic heterocycles. The first kappa shape index (κ1) is 39.6. The van der Waals surface area contributed by atoms with Gasteiger partial charge in [0.25, 0.3) is 0 Å². The number of fused-ring (bicyclic) bond motifs is 8. The summed E-state index contributed by atoms with van der Waals surface area (Å²) in [6.45, 7) is 0. The van der Waals surface area contributed by atoms with Crippen molar-refractivity contribution in [2.45, 2.75) is 64.2 Å². The smallest absolute Gasteiger partial charge is 0.0196 e. The van der Waals surface area contributed by atoms with Gasteiger partial charge in [0.15, 0.2) is 0 Å². The average Bonchev–Trinajstić information content (AvgIpc) is 3.92. The predicted molar refractivity (Wildman–Crippen MR) is 293 cm³/mol. The fourth-order valence-corrected chi connectivity index (χ4v) is 15.1. The summed E-state index contributed by atoms with van der Waals surface area (Å²) in [6.07, 6.45) is 48.6. The fraction of sp³-hybridized carbons (Fsp3) is 0.200. The maximum atomic E-state index is 2.69. The van der Waals surface area contributed by atoms with Crippen molar-refractivity contribution >= 4 is 33.1 Å². The first-order chi connectivity index (χ1) is 34.7. The monoisotopic (exact) mass is 894 g/mol. The lowest BCUT2D eigenvalue weighted by Crippen LogP contribution is -2.35. The topological polar surface area (TPSA) is 0 Å². The van der Waals surface area contributed by atoms with Crippen LogP contribution in [0.4, 0.5) is 0 Å². The van der Waals surface area contributed by atoms with Crippen molar-refractivity contribution in [2.75, 3.05) is 0 Å². The van der Waals surface area contributed by atoms with Gasteiger partial charge >= 0.3 is 0 Å². The second-order valence-corrected chi connectivity index (χ2v) is 21.7. The molecule has 11 aliphatic rings. The molecule has 4 atom stereocenters. The number of benzene rings is 5. The van der Waals surface area contributed by atoms with Gasteiger partial charge < -0.3 is 0 Å². The summed E-state index contributed by atoms with van der Waals surface area (Å²) in [4.78, 5) is 0. The van der Waals surface area contributed by atoms with Crippen LogP contribution in [0.25, 0.3) is 66.4 Å². The molecule has 0 spiro atoms. The average molecular weight is 895 g/mol. The molecule has 11 aliphatic carbocycles. The van der Waals surface area contributed by atoms with E-state index < -0.39 is 0 Å². The van der Waals surface area contributed by atoms with Crippen LogP contribution in [-0.4, -0.2) is 0 Å². The minimum Gasteiger partial charge on any atom is -0.0842 e. The van der Waals surface area contributed by atoms with Crippen molar-refractivity contribution in [1.82, 2.24) is 0 Å². The Balaban J connectivity index is 0.930. The Bertz CT molecular complexity index is 3840. The Morgan fingerprint density at radius 2 is 1.37 bits per heavy atom. The maximum absolute atomic E-state index is 2.69. The molecular weight excluding hydrogens is 841 g/mol. The quantitative estimate of drug-likeness (QED) is 0.165. The molecule has 5 aromatic rings. The highest BCUT2D eigenvalue weighted by Crippen LogP contribution is 2.62. The Morgan fingerprint density at radius 3 is 2.19 bits per heavy atom. The fourth-order valence-electron chi connectivity index (χ4n) is 15.1. The van der Waals surface area contributed by atoms with Crippen LogP contribution in [0.2, 0.25) is 0 Å². The van der Waals surface area contributed by atoms with Crippen LogP contribution in [0.15, 0.2) is 232 Å². The largest absolute Gasteiger partial charge is 0.0842 e. The third kappa shape index (κ3) is 5.65. The molecular formula is C70H54. The molecule has 0 heterocycles. The molecule has 0 saturated carbocycles. The van der Waals surface area contributed by atoms with Gasteiger partial charge in [0.1, 0.15) is 0 Å². The molecule has 70 heavy (non-hydrogen) atoms. The summed E-state index contributed by atoms with van der Waals surface area (Å²) >= 11 is 0. The summed E-state index contributed by atoms with van der Waals surface area (Å²) in [5.41, 5.74) is 32.4. The van der Waals surface area contributed by atoms with Crippen molar-refractivity contribution in [2.24, 2.45) is 23.7 Å². The van der Waals surface area contributed by atoms with Gasteiger partial charge in [-0.1, -0.05) is 164 Å². The molecule has 0 heteroatoms. The first-order valence-corrected chi connectivity index (χ1v) is 26.5. The lowest BCUT2D eigenvalue weighted by molar-refractivity contribution is 0.574. The van der Waals surface area contributed by atoms with E-state index in [1.54, 1.807) is 33.4 Å². The Hall–Kier alpha value is -7.28. The van der Waals surface area contributed by atoms with Crippen molar-refractivity contribution in [1.29, 1.82) is 0 Å². The Kier molecular flexibility index (Phi) is 8.54. The summed E-state index contributed by atoms with van der Waals surface area (Å²) in [5, 5.41) is 5.71. The van der Waals surface area contributed by atoms with Gasteiger partial charge in [-0.05, 0) is 232 Å². The van der Waals surface area contributed by atoms with Crippen LogP contribution in [0.3, 0.4) is 0 Å². The maximum Gasteiger partial charge on any atom is 0.0196 e. The number of rotatable bonds is 5. The van der Waals surface area contributed by atoms with E-state index in [9.17, 15) is 0 Å². The summed E-state index contributed by atoms with van der Waals surface area (Å²) in [6, 6.07) is 35.4.